The van der Waals surface area contributed by atoms with E-state index in [-0.39, 0.29) is 0 Å². The van der Waals surface area contributed by atoms with Crippen molar-refractivity contribution >= 4 is 6.08 Å². The highest BCUT2D eigenvalue weighted by Crippen LogP contribution is 2.15. The van der Waals surface area contributed by atoms with Crippen molar-refractivity contribution in [3.05, 3.63) is 17.7 Å². The van der Waals surface area contributed by atoms with E-state index in [0.29, 0.717) is 6.04 Å². The van der Waals surface area contributed by atoms with Crippen molar-refractivity contribution < 1.29 is 0 Å². The number of nitrogens with one attached hydrogen (secondary N) is 1. The lowest BCUT2D eigenvalue weighted by Gasteiger charge is -2.15. The van der Waals surface area contributed by atoms with Crippen LogP contribution < -0.4 is 5.32 Å². The average Bonchev–Trinajstić information content (AvgIpc) is 2.67. The Labute approximate surface area is 90.4 Å². The van der Waals surface area contributed by atoms with Gasteiger partial charge in [-0.3, -0.25) is 0 Å². The molecule has 1 aromatic heterocycles. The summed E-state index contributed by atoms with van der Waals surface area (Å²) < 4.78 is 1.97. The molecule has 0 saturated carbocycles. The van der Waals surface area contributed by atoms with Gasteiger partial charge in [0.05, 0.1) is 0 Å². The second-order valence-corrected chi connectivity index (χ2v) is 4.21. The predicted octanol–water partition coefficient (Wildman–Crippen LogP) is 1.63. The zero-order valence-corrected chi connectivity index (χ0v) is 9.40. The van der Waals surface area contributed by atoms with E-state index in [1.807, 2.05) is 4.68 Å². The first kappa shape index (κ1) is 10.4. The topological polar surface area (TPSA) is 42.7 Å². The monoisotopic (exact) mass is 206 g/mol. The smallest absolute Gasteiger partial charge is 0.150 e. The summed E-state index contributed by atoms with van der Waals surface area (Å²) in [6.45, 7) is 6.42. The molecule has 1 N–H and O–H groups in total. The second-order valence-electron chi connectivity index (χ2n) is 4.21. The maximum absolute atomic E-state index is 4.29. The van der Waals surface area contributed by atoms with Crippen LogP contribution in [0.15, 0.2) is 11.9 Å². The van der Waals surface area contributed by atoms with Crippen LogP contribution in [0.25, 0.3) is 6.08 Å². The number of aromatic nitrogens is 3. The highest BCUT2D eigenvalue weighted by atomic mass is 15.3. The molecule has 0 aromatic carbocycles. The zero-order valence-electron chi connectivity index (χ0n) is 9.40. The summed E-state index contributed by atoms with van der Waals surface area (Å²) in [7, 11) is 0. The Morgan fingerprint density at radius 1 is 1.40 bits per heavy atom. The van der Waals surface area contributed by atoms with E-state index in [9.17, 15) is 0 Å². The van der Waals surface area contributed by atoms with Gasteiger partial charge in [-0.2, -0.15) is 5.10 Å². The maximum Gasteiger partial charge on any atom is 0.150 e. The van der Waals surface area contributed by atoms with Gasteiger partial charge in [0.15, 0.2) is 5.82 Å². The standard InChI is InChI=1S/C11H18N4/c1-9(2)15-11(13-8-14-15)7-10-3-5-12-6-4-10/h7-9,12H,3-6H2,1-2H3. The molecule has 1 aromatic rings. The molecule has 15 heavy (non-hydrogen) atoms. The summed E-state index contributed by atoms with van der Waals surface area (Å²) in [5.74, 6) is 0.988. The molecule has 0 aliphatic carbocycles. The largest absolute Gasteiger partial charge is 0.316 e. The molecule has 1 fully saturated rings. The molecule has 0 unspecified atom stereocenters. The van der Waals surface area contributed by atoms with Crippen molar-refractivity contribution in [2.24, 2.45) is 0 Å². The third-order valence-electron chi connectivity index (χ3n) is 2.67. The number of hydrogen-bond donors (Lipinski definition) is 1. The Bertz CT molecular complexity index is 343. The minimum atomic E-state index is 0.376. The van der Waals surface area contributed by atoms with Crippen molar-refractivity contribution in [1.29, 1.82) is 0 Å². The van der Waals surface area contributed by atoms with Crippen LogP contribution in [0.2, 0.25) is 0 Å². The lowest BCUT2D eigenvalue weighted by Crippen LogP contribution is -2.23. The van der Waals surface area contributed by atoms with Crippen LogP contribution in [0.1, 0.15) is 38.6 Å². The molecule has 0 bridgehead atoms. The summed E-state index contributed by atoms with van der Waals surface area (Å²) in [6.07, 6.45) is 6.08. The molecule has 0 radical (unpaired) electrons. The van der Waals surface area contributed by atoms with Gasteiger partial charge in [-0.15, -0.1) is 0 Å². The predicted molar refractivity (Wildman–Crippen MR) is 60.5 cm³/mol. The molecule has 0 atom stereocenters. The van der Waals surface area contributed by atoms with E-state index in [2.05, 4.69) is 35.3 Å². The average molecular weight is 206 g/mol. The van der Waals surface area contributed by atoms with E-state index >= 15 is 0 Å². The Kier molecular flexibility index (Phi) is 3.16. The molecular weight excluding hydrogens is 188 g/mol. The molecule has 2 rings (SSSR count). The van der Waals surface area contributed by atoms with E-state index < -0.39 is 0 Å². The molecule has 1 saturated heterocycles. The van der Waals surface area contributed by atoms with E-state index in [1.54, 1.807) is 6.33 Å². The van der Waals surface area contributed by atoms with Crippen LogP contribution in [0.5, 0.6) is 0 Å². The normalized spacial score (nSPS) is 17.1. The first-order valence-electron chi connectivity index (χ1n) is 5.57. The Morgan fingerprint density at radius 2 is 2.13 bits per heavy atom. The molecular formula is C11H18N4. The third-order valence-corrected chi connectivity index (χ3v) is 2.67. The van der Waals surface area contributed by atoms with E-state index in [1.165, 1.54) is 5.57 Å². The number of hydrogen-bond acceptors (Lipinski definition) is 3. The molecule has 0 spiro atoms. The molecule has 1 aliphatic heterocycles. The van der Waals surface area contributed by atoms with Crippen LogP contribution in [0.4, 0.5) is 0 Å². The van der Waals surface area contributed by atoms with Gasteiger partial charge in [0, 0.05) is 6.04 Å². The summed E-state index contributed by atoms with van der Waals surface area (Å²) in [5.41, 5.74) is 1.48. The highest BCUT2D eigenvalue weighted by Gasteiger charge is 2.08. The van der Waals surface area contributed by atoms with Crippen molar-refractivity contribution in [3.8, 4) is 0 Å². The van der Waals surface area contributed by atoms with Crippen LogP contribution in [-0.4, -0.2) is 27.9 Å². The van der Waals surface area contributed by atoms with Gasteiger partial charge < -0.3 is 5.32 Å². The fourth-order valence-electron chi connectivity index (χ4n) is 1.83. The second kappa shape index (κ2) is 4.57. The van der Waals surface area contributed by atoms with Gasteiger partial charge in [-0.1, -0.05) is 5.57 Å². The van der Waals surface area contributed by atoms with E-state index in [0.717, 1.165) is 31.8 Å². The molecule has 82 valence electrons. The molecule has 2 heterocycles. The minimum Gasteiger partial charge on any atom is -0.316 e. The first-order valence-corrected chi connectivity index (χ1v) is 5.57. The van der Waals surface area contributed by atoms with Gasteiger partial charge in [-0.25, -0.2) is 9.67 Å². The van der Waals surface area contributed by atoms with Gasteiger partial charge in [-0.05, 0) is 45.9 Å². The van der Waals surface area contributed by atoms with Crippen molar-refractivity contribution in [3.63, 3.8) is 0 Å². The van der Waals surface area contributed by atoms with Crippen LogP contribution in [-0.2, 0) is 0 Å². The molecule has 4 heteroatoms. The lowest BCUT2D eigenvalue weighted by atomic mass is 10.1. The van der Waals surface area contributed by atoms with Crippen LogP contribution >= 0.6 is 0 Å². The number of rotatable bonds is 2. The maximum atomic E-state index is 4.29. The van der Waals surface area contributed by atoms with Crippen molar-refractivity contribution in [1.82, 2.24) is 20.1 Å². The number of piperidine rings is 1. The lowest BCUT2D eigenvalue weighted by molar-refractivity contribution is 0.525. The molecule has 1 aliphatic rings. The van der Waals surface area contributed by atoms with Gasteiger partial charge in [0.2, 0.25) is 0 Å². The Balaban J connectivity index is 2.18. The fraction of sp³-hybridized carbons (Fsp3) is 0.636. The zero-order chi connectivity index (χ0) is 10.7. The van der Waals surface area contributed by atoms with Gasteiger partial charge >= 0.3 is 0 Å². The summed E-state index contributed by atoms with van der Waals surface area (Å²) in [6, 6.07) is 0.376. The quantitative estimate of drug-likeness (QED) is 0.799. The molecule has 0 amide bonds. The number of nitrogens with zero attached hydrogens (tertiary/aromatic N) is 3. The Morgan fingerprint density at radius 3 is 2.80 bits per heavy atom. The first-order chi connectivity index (χ1) is 7.27. The summed E-state index contributed by atoms with van der Waals surface area (Å²) in [4.78, 5) is 4.29. The van der Waals surface area contributed by atoms with Crippen LogP contribution in [0.3, 0.4) is 0 Å². The Hall–Kier alpha value is -1.16. The SMILES string of the molecule is CC(C)n1ncnc1C=C1CCNCC1. The van der Waals surface area contributed by atoms with E-state index in [4.69, 9.17) is 0 Å². The summed E-state index contributed by atoms with van der Waals surface area (Å²) in [5, 5.41) is 7.57. The van der Waals surface area contributed by atoms with Gasteiger partial charge in [0.1, 0.15) is 6.33 Å². The highest BCUT2D eigenvalue weighted by molar-refractivity contribution is 5.45. The fourth-order valence-corrected chi connectivity index (χ4v) is 1.83. The summed E-state index contributed by atoms with van der Waals surface area (Å²) >= 11 is 0. The third kappa shape index (κ3) is 2.45. The van der Waals surface area contributed by atoms with Gasteiger partial charge in [0.25, 0.3) is 0 Å². The van der Waals surface area contributed by atoms with Crippen LogP contribution in [0, 0.1) is 0 Å². The molecule has 4 nitrogen and oxygen atoms in total. The van der Waals surface area contributed by atoms with Crippen molar-refractivity contribution in [2.45, 2.75) is 32.7 Å². The minimum absolute atomic E-state index is 0.376. The van der Waals surface area contributed by atoms with Crippen molar-refractivity contribution in [2.75, 3.05) is 13.1 Å².